The maximum atomic E-state index is 5.94. The van der Waals surface area contributed by atoms with Gasteiger partial charge in [0.2, 0.25) is 0 Å². The molecule has 86 valence electrons. The van der Waals surface area contributed by atoms with Gasteiger partial charge in [0.05, 0.1) is 12.2 Å². The van der Waals surface area contributed by atoms with Crippen LogP contribution in [0.2, 0.25) is 0 Å². The highest BCUT2D eigenvalue weighted by Crippen LogP contribution is 2.08. The van der Waals surface area contributed by atoms with E-state index in [0.29, 0.717) is 12.5 Å². The number of pyridine rings is 1. The smallest absolute Gasteiger partial charge is 0.191 e. The Hall–Kier alpha value is -1.58. The van der Waals surface area contributed by atoms with Crippen molar-refractivity contribution in [1.82, 2.24) is 9.88 Å². The topological polar surface area (TPSA) is 54.5 Å². The quantitative estimate of drug-likeness (QED) is 0.602. The summed E-state index contributed by atoms with van der Waals surface area (Å²) in [5.41, 5.74) is 6.91. The van der Waals surface area contributed by atoms with Gasteiger partial charge in [-0.3, -0.25) is 4.98 Å². The van der Waals surface area contributed by atoms with Crippen LogP contribution >= 0.6 is 0 Å². The zero-order valence-corrected chi connectivity index (χ0v) is 9.47. The average molecular weight is 218 g/mol. The van der Waals surface area contributed by atoms with E-state index in [1.54, 1.807) is 6.20 Å². The fourth-order valence-corrected chi connectivity index (χ4v) is 1.88. The Morgan fingerprint density at radius 3 is 2.81 bits per heavy atom. The molecule has 0 unspecified atom stereocenters. The standard InChI is InChI=1S/C12H18N4/c13-12(16-8-4-1-5-9-16)15-10-11-6-2-3-7-14-11/h2-3,6-7H,1,4-5,8-10H2,(H2,13,15). The van der Waals surface area contributed by atoms with Gasteiger partial charge in [-0.1, -0.05) is 6.07 Å². The first-order chi connectivity index (χ1) is 7.86. The van der Waals surface area contributed by atoms with E-state index >= 15 is 0 Å². The summed E-state index contributed by atoms with van der Waals surface area (Å²) >= 11 is 0. The summed E-state index contributed by atoms with van der Waals surface area (Å²) in [4.78, 5) is 10.7. The minimum atomic E-state index is 0.573. The van der Waals surface area contributed by atoms with Crippen molar-refractivity contribution in [2.24, 2.45) is 10.7 Å². The van der Waals surface area contributed by atoms with Crippen LogP contribution in [0.25, 0.3) is 0 Å². The third kappa shape index (κ3) is 2.95. The van der Waals surface area contributed by atoms with Crippen LogP contribution in [0.4, 0.5) is 0 Å². The fraction of sp³-hybridized carbons (Fsp3) is 0.500. The molecule has 0 spiro atoms. The van der Waals surface area contributed by atoms with Gasteiger partial charge in [-0.25, -0.2) is 4.99 Å². The molecule has 2 N–H and O–H groups in total. The summed E-state index contributed by atoms with van der Waals surface area (Å²) in [6, 6.07) is 5.84. The molecule has 1 aromatic rings. The first-order valence-electron chi connectivity index (χ1n) is 5.81. The van der Waals surface area contributed by atoms with E-state index < -0.39 is 0 Å². The molecule has 1 aliphatic heterocycles. The molecular weight excluding hydrogens is 200 g/mol. The Morgan fingerprint density at radius 2 is 2.12 bits per heavy atom. The lowest BCUT2D eigenvalue weighted by Gasteiger charge is -2.27. The zero-order chi connectivity index (χ0) is 11.2. The number of nitrogens with zero attached hydrogens (tertiary/aromatic N) is 3. The lowest BCUT2D eigenvalue weighted by atomic mass is 10.1. The molecule has 1 aromatic heterocycles. The van der Waals surface area contributed by atoms with E-state index in [2.05, 4.69) is 14.9 Å². The first-order valence-corrected chi connectivity index (χ1v) is 5.81. The lowest BCUT2D eigenvalue weighted by Crippen LogP contribution is -2.40. The van der Waals surface area contributed by atoms with Gasteiger partial charge in [0, 0.05) is 19.3 Å². The van der Waals surface area contributed by atoms with Crippen LogP contribution in [-0.2, 0) is 6.54 Å². The van der Waals surface area contributed by atoms with E-state index in [0.717, 1.165) is 18.8 Å². The first kappa shape index (κ1) is 10.9. The van der Waals surface area contributed by atoms with Crippen LogP contribution in [0.15, 0.2) is 29.4 Å². The highest BCUT2D eigenvalue weighted by molar-refractivity contribution is 5.78. The van der Waals surface area contributed by atoms with Crippen molar-refractivity contribution in [2.45, 2.75) is 25.8 Å². The average Bonchev–Trinajstić information content (AvgIpc) is 2.38. The Balaban J connectivity index is 1.91. The second-order valence-electron chi connectivity index (χ2n) is 4.04. The minimum Gasteiger partial charge on any atom is -0.370 e. The highest BCUT2D eigenvalue weighted by Gasteiger charge is 2.11. The molecule has 1 saturated heterocycles. The van der Waals surface area contributed by atoms with Crippen LogP contribution < -0.4 is 5.73 Å². The van der Waals surface area contributed by atoms with Gasteiger partial charge < -0.3 is 10.6 Å². The van der Waals surface area contributed by atoms with E-state index in [1.165, 1.54) is 19.3 Å². The Labute approximate surface area is 96.2 Å². The summed E-state index contributed by atoms with van der Waals surface area (Å²) in [7, 11) is 0. The van der Waals surface area contributed by atoms with Crippen LogP contribution in [0, 0.1) is 0 Å². The number of nitrogens with two attached hydrogens (primary N) is 1. The van der Waals surface area contributed by atoms with Gasteiger partial charge in [0.15, 0.2) is 5.96 Å². The van der Waals surface area contributed by atoms with Gasteiger partial charge in [-0.05, 0) is 31.4 Å². The maximum absolute atomic E-state index is 5.94. The molecule has 0 atom stereocenters. The van der Waals surface area contributed by atoms with Crippen molar-refractivity contribution in [2.75, 3.05) is 13.1 Å². The molecule has 16 heavy (non-hydrogen) atoms. The second-order valence-corrected chi connectivity index (χ2v) is 4.04. The van der Waals surface area contributed by atoms with Crippen molar-refractivity contribution < 1.29 is 0 Å². The number of piperidine rings is 1. The highest BCUT2D eigenvalue weighted by atomic mass is 15.2. The zero-order valence-electron chi connectivity index (χ0n) is 9.47. The summed E-state index contributed by atoms with van der Waals surface area (Å²) < 4.78 is 0. The molecule has 0 radical (unpaired) electrons. The molecule has 4 nitrogen and oxygen atoms in total. The number of rotatable bonds is 2. The van der Waals surface area contributed by atoms with Gasteiger partial charge in [-0.2, -0.15) is 0 Å². The monoisotopic (exact) mass is 218 g/mol. The van der Waals surface area contributed by atoms with Crippen LogP contribution in [0.5, 0.6) is 0 Å². The van der Waals surface area contributed by atoms with Crippen molar-refractivity contribution in [3.05, 3.63) is 30.1 Å². The van der Waals surface area contributed by atoms with Gasteiger partial charge in [-0.15, -0.1) is 0 Å². The fourth-order valence-electron chi connectivity index (χ4n) is 1.88. The summed E-state index contributed by atoms with van der Waals surface area (Å²) in [6.45, 7) is 2.65. The predicted octanol–water partition coefficient (Wildman–Crippen LogP) is 1.38. The molecule has 1 fully saturated rings. The molecule has 0 saturated carbocycles. The third-order valence-electron chi connectivity index (χ3n) is 2.81. The molecule has 0 bridgehead atoms. The Kier molecular flexibility index (Phi) is 3.75. The molecule has 0 amide bonds. The number of guanidine groups is 1. The van der Waals surface area contributed by atoms with Gasteiger partial charge in [0.25, 0.3) is 0 Å². The van der Waals surface area contributed by atoms with Crippen LogP contribution in [0.1, 0.15) is 25.0 Å². The minimum absolute atomic E-state index is 0.573. The van der Waals surface area contributed by atoms with Crippen molar-refractivity contribution in [3.63, 3.8) is 0 Å². The molecule has 1 aliphatic rings. The van der Waals surface area contributed by atoms with Crippen LogP contribution in [-0.4, -0.2) is 28.9 Å². The summed E-state index contributed by atoms with van der Waals surface area (Å²) in [5, 5.41) is 0. The van der Waals surface area contributed by atoms with E-state index in [4.69, 9.17) is 5.73 Å². The summed E-state index contributed by atoms with van der Waals surface area (Å²) in [5.74, 6) is 0.658. The molecular formula is C12H18N4. The lowest BCUT2D eigenvalue weighted by molar-refractivity contribution is 0.338. The molecule has 4 heteroatoms. The number of hydrogen-bond donors (Lipinski definition) is 1. The Bertz CT molecular complexity index is 341. The van der Waals surface area contributed by atoms with Gasteiger partial charge in [0.1, 0.15) is 0 Å². The van der Waals surface area contributed by atoms with Gasteiger partial charge >= 0.3 is 0 Å². The SMILES string of the molecule is NC(=NCc1ccccn1)N1CCCCC1. The molecule has 2 rings (SSSR count). The number of likely N-dealkylation sites (tertiary alicyclic amines) is 1. The summed E-state index contributed by atoms with van der Waals surface area (Å²) in [6.07, 6.45) is 5.53. The van der Waals surface area contributed by atoms with Crippen molar-refractivity contribution >= 4 is 5.96 Å². The number of hydrogen-bond acceptors (Lipinski definition) is 2. The molecule has 2 heterocycles. The van der Waals surface area contributed by atoms with E-state index in [1.807, 2.05) is 18.2 Å². The van der Waals surface area contributed by atoms with Crippen molar-refractivity contribution in [3.8, 4) is 0 Å². The van der Waals surface area contributed by atoms with Crippen molar-refractivity contribution in [1.29, 1.82) is 0 Å². The molecule has 0 aromatic carbocycles. The second kappa shape index (κ2) is 5.49. The normalized spacial score (nSPS) is 17.5. The predicted molar refractivity (Wildman–Crippen MR) is 65.0 cm³/mol. The Morgan fingerprint density at radius 1 is 1.31 bits per heavy atom. The van der Waals surface area contributed by atoms with Crippen LogP contribution in [0.3, 0.4) is 0 Å². The number of aromatic nitrogens is 1. The van der Waals surface area contributed by atoms with E-state index in [9.17, 15) is 0 Å². The third-order valence-corrected chi connectivity index (χ3v) is 2.81. The molecule has 0 aliphatic carbocycles. The maximum Gasteiger partial charge on any atom is 0.191 e. The number of aliphatic imine (C=N–C) groups is 1. The van der Waals surface area contributed by atoms with E-state index in [-0.39, 0.29) is 0 Å². The largest absolute Gasteiger partial charge is 0.370 e.